The van der Waals surface area contributed by atoms with Crippen LogP contribution in [0.15, 0.2) is 34.9 Å². The average molecular weight is 355 g/mol. The third-order valence-corrected chi connectivity index (χ3v) is 3.32. The first-order valence-electron chi connectivity index (χ1n) is 6.12. The SMILES string of the molecule is CCn1cc(Br)cc1C(=O)Nc1ccc(F)c(C(=O)O)c1. The van der Waals surface area contributed by atoms with E-state index in [1.54, 1.807) is 16.8 Å². The van der Waals surface area contributed by atoms with Crippen LogP contribution in [-0.2, 0) is 6.54 Å². The largest absolute Gasteiger partial charge is 0.478 e. The number of carboxylic acids is 1. The predicted octanol–water partition coefficient (Wildman–Crippen LogP) is 3.36. The molecule has 110 valence electrons. The molecule has 0 saturated carbocycles. The molecule has 0 saturated heterocycles. The van der Waals surface area contributed by atoms with Gasteiger partial charge in [0.2, 0.25) is 0 Å². The van der Waals surface area contributed by atoms with E-state index in [0.29, 0.717) is 12.2 Å². The smallest absolute Gasteiger partial charge is 0.338 e. The Kier molecular flexibility index (Phi) is 4.42. The highest BCUT2D eigenvalue weighted by atomic mass is 79.9. The molecule has 0 bridgehead atoms. The zero-order valence-corrected chi connectivity index (χ0v) is 12.6. The molecule has 1 aromatic carbocycles. The number of carbonyl (C=O) groups excluding carboxylic acids is 1. The quantitative estimate of drug-likeness (QED) is 0.884. The van der Waals surface area contributed by atoms with E-state index < -0.39 is 23.3 Å². The highest BCUT2D eigenvalue weighted by molar-refractivity contribution is 9.10. The van der Waals surface area contributed by atoms with Gasteiger partial charge in [0.15, 0.2) is 0 Å². The van der Waals surface area contributed by atoms with E-state index in [2.05, 4.69) is 21.2 Å². The normalized spacial score (nSPS) is 10.4. The van der Waals surface area contributed by atoms with Crippen molar-refractivity contribution in [1.29, 1.82) is 0 Å². The van der Waals surface area contributed by atoms with Gasteiger partial charge in [0.1, 0.15) is 11.5 Å². The number of aryl methyl sites for hydroxylation is 1. The van der Waals surface area contributed by atoms with Crippen molar-refractivity contribution >= 4 is 33.5 Å². The summed E-state index contributed by atoms with van der Waals surface area (Å²) in [5.41, 5.74) is 0.157. The molecule has 2 aromatic rings. The first-order chi connectivity index (χ1) is 9.92. The van der Waals surface area contributed by atoms with Crippen molar-refractivity contribution in [3.05, 3.63) is 52.0 Å². The number of benzene rings is 1. The Morgan fingerprint density at radius 2 is 2.10 bits per heavy atom. The maximum absolute atomic E-state index is 13.3. The van der Waals surface area contributed by atoms with Crippen molar-refractivity contribution in [2.75, 3.05) is 5.32 Å². The molecule has 21 heavy (non-hydrogen) atoms. The highest BCUT2D eigenvalue weighted by Crippen LogP contribution is 2.19. The standard InChI is InChI=1S/C14H12BrFN2O3/c1-2-18-7-8(15)5-12(18)13(19)17-9-3-4-11(16)10(6-9)14(20)21/h3-7H,2H2,1H3,(H,17,19)(H,20,21). The molecule has 5 nitrogen and oxygen atoms in total. The molecule has 0 fully saturated rings. The zero-order valence-electron chi connectivity index (χ0n) is 11.1. The minimum absolute atomic E-state index is 0.221. The van der Waals surface area contributed by atoms with E-state index in [9.17, 15) is 14.0 Å². The third kappa shape index (κ3) is 3.30. The Balaban J connectivity index is 2.27. The monoisotopic (exact) mass is 354 g/mol. The lowest BCUT2D eigenvalue weighted by Crippen LogP contribution is -2.16. The Morgan fingerprint density at radius 1 is 1.38 bits per heavy atom. The Labute approximate surface area is 128 Å². The van der Waals surface area contributed by atoms with Gasteiger partial charge in [-0.2, -0.15) is 0 Å². The molecular formula is C14H12BrFN2O3. The van der Waals surface area contributed by atoms with E-state index in [-0.39, 0.29) is 5.69 Å². The molecule has 2 rings (SSSR count). The first-order valence-corrected chi connectivity index (χ1v) is 6.91. The number of aromatic nitrogens is 1. The highest BCUT2D eigenvalue weighted by Gasteiger charge is 2.15. The Bertz CT molecular complexity index is 712. The fourth-order valence-electron chi connectivity index (χ4n) is 1.89. The lowest BCUT2D eigenvalue weighted by molar-refractivity contribution is 0.0691. The van der Waals surface area contributed by atoms with Crippen LogP contribution in [0.4, 0.5) is 10.1 Å². The van der Waals surface area contributed by atoms with Crippen LogP contribution < -0.4 is 5.32 Å². The van der Waals surface area contributed by atoms with Crippen LogP contribution in [0.1, 0.15) is 27.8 Å². The number of amides is 1. The molecule has 0 aliphatic rings. The van der Waals surface area contributed by atoms with E-state index >= 15 is 0 Å². The van der Waals surface area contributed by atoms with Crippen LogP contribution >= 0.6 is 15.9 Å². The number of hydrogen-bond acceptors (Lipinski definition) is 2. The number of rotatable bonds is 4. The van der Waals surface area contributed by atoms with Gasteiger partial charge < -0.3 is 15.0 Å². The first kappa shape index (κ1) is 15.2. The van der Waals surface area contributed by atoms with Crippen LogP contribution in [0, 0.1) is 5.82 Å². The van der Waals surface area contributed by atoms with E-state index in [4.69, 9.17) is 5.11 Å². The topological polar surface area (TPSA) is 71.3 Å². The Hall–Kier alpha value is -2.15. The van der Waals surface area contributed by atoms with Crippen molar-refractivity contribution in [3.63, 3.8) is 0 Å². The molecule has 1 aromatic heterocycles. The van der Waals surface area contributed by atoms with Gasteiger partial charge in [0.25, 0.3) is 5.91 Å². The number of aromatic carboxylic acids is 1. The number of nitrogens with one attached hydrogen (secondary N) is 1. The van der Waals surface area contributed by atoms with Gasteiger partial charge in [0.05, 0.1) is 5.56 Å². The summed E-state index contributed by atoms with van der Waals surface area (Å²) < 4.78 is 15.8. The van der Waals surface area contributed by atoms with Gasteiger partial charge in [-0.3, -0.25) is 4.79 Å². The van der Waals surface area contributed by atoms with Crippen LogP contribution in [0.3, 0.4) is 0 Å². The van der Waals surface area contributed by atoms with Crippen LogP contribution in [-0.4, -0.2) is 21.6 Å². The molecule has 0 atom stereocenters. The number of halogens is 2. The minimum atomic E-state index is -1.39. The van der Waals surface area contributed by atoms with Crippen molar-refractivity contribution in [2.24, 2.45) is 0 Å². The van der Waals surface area contributed by atoms with Gasteiger partial charge in [-0.15, -0.1) is 0 Å². The van der Waals surface area contributed by atoms with Crippen LogP contribution in [0.25, 0.3) is 0 Å². The molecule has 0 unspecified atom stereocenters. The molecule has 2 N–H and O–H groups in total. The molecule has 0 aliphatic carbocycles. The molecule has 7 heteroatoms. The van der Waals surface area contributed by atoms with Gasteiger partial charge >= 0.3 is 5.97 Å². The van der Waals surface area contributed by atoms with Gasteiger partial charge in [0, 0.05) is 22.9 Å². The number of anilines is 1. The van der Waals surface area contributed by atoms with Gasteiger partial charge in [-0.05, 0) is 47.1 Å². The van der Waals surface area contributed by atoms with Gasteiger partial charge in [-0.25, -0.2) is 9.18 Å². The second-order valence-corrected chi connectivity index (χ2v) is 5.20. The fourth-order valence-corrected chi connectivity index (χ4v) is 2.35. The lowest BCUT2D eigenvalue weighted by Gasteiger charge is -2.08. The molecule has 0 radical (unpaired) electrons. The average Bonchev–Trinajstić information content (AvgIpc) is 2.82. The Morgan fingerprint density at radius 3 is 2.71 bits per heavy atom. The second-order valence-electron chi connectivity index (χ2n) is 4.28. The maximum atomic E-state index is 13.3. The third-order valence-electron chi connectivity index (χ3n) is 2.89. The molecular weight excluding hydrogens is 343 g/mol. The number of hydrogen-bond donors (Lipinski definition) is 2. The summed E-state index contributed by atoms with van der Waals surface area (Å²) >= 11 is 3.29. The molecule has 1 amide bonds. The minimum Gasteiger partial charge on any atom is -0.478 e. The summed E-state index contributed by atoms with van der Waals surface area (Å²) in [6.45, 7) is 2.50. The zero-order chi connectivity index (χ0) is 15.6. The maximum Gasteiger partial charge on any atom is 0.338 e. The van der Waals surface area contributed by atoms with Crippen molar-refractivity contribution in [2.45, 2.75) is 13.5 Å². The molecule has 0 spiro atoms. The molecule has 1 heterocycles. The van der Waals surface area contributed by atoms with Crippen molar-refractivity contribution in [3.8, 4) is 0 Å². The van der Waals surface area contributed by atoms with Crippen LogP contribution in [0.2, 0.25) is 0 Å². The van der Waals surface area contributed by atoms with Gasteiger partial charge in [-0.1, -0.05) is 0 Å². The van der Waals surface area contributed by atoms with E-state index in [0.717, 1.165) is 16.6 Å². The second kappa shape index (κ2) is 6.09. The number of carbonyl (C=O) groups is 2. The lowest BCUT2D eigenvalue weighted by atomic mass is 10.2. The summed E-state index contributed by atoms with van der Waals surface area (Å²) in [7, 11) is 0. The van der Waals surface area contributed by atoms with Crippen molar-refractivity contribution < 1.29 is 19.1 Å². The molecule has 0 aliphatic heterocycles. The summed E-state index contributed by atoms with van der Waals surface area (Å²) in [4.78, 5) is 23.0. The number of nitrogens with zero attached hydrogens (tertiary/aromatic N) is 1. The fraction of sp³-hybridized carbons (Fsp3) is 0.143. The van der Waals surface area contributed by atoms with Crippen LogP contribution in [0.5, 0.6) is 0 Å². The van der Waals surface area contributed by atoms with Crippen molar-refractivity contribution in [1.82, 2.24) is 4.57 Å². The number of carboxylic acid groups (broad SMARTS) is 1. The summed E-state index contributed by atoms with van der Waals surface area (Å²) in [5, 5.41) is 11.4. The summed E-state index contributed by atoms with van der Waals surface area (Å²) in [6, 6.07) is 5.06. The van der Waals surface area contributed by atoms with E-state index in [1.807, 2.05) is 6.92 Å². The summed E-state index contributed by atoms with van der Waals surface area (Å²) in [6.07, 6.45) is 1.77. The predicted molar refractivity (Wildman–Crippen MR) is 79.1 cm³/mol. The van der Waals surface area contributed by atoms with E-state index in [1.165, 1.54) is 6.07 Å². The summed E-state index contributed by atoms with van der Waals surface area (Å²) in [5.74, 6) is -2.63.